The van der Waals surface area contributed by atoms with E-state index in [0.717, 1.165) is 5.56 Å². The van der Waals surface area contributed by atoms with Crippen LogP contribution in [0.5, 0.6) is 0 Å². The highest BCUT2D eigenvalue weighted by Gasteiger charge is 1.79. The van der Waals surface area contributed by atoms with Crippen LogP contribution in [0, 0.1) is 0 Å². The number of aliphatic imine (C=N–C) groups is 1. The SMILES string of the molecule is NC=N/C=C\c1ccccc1. The summed E-state index contributed by atoms with van der Waals surface area (Å²) in [6.07, 6.45) is 4.82. The molecule has 1 rings (SSSR count). The number of hydrogen-bond acceptors (Lipinski definition) is 1. The predicted octanol–water partition coefficient (Wildman–Crippen LogP) is 1.64. The lowest BCUT2D eigenvalue weighted by Crippen LogP contribution is -1.85. The van der Waals surface area contributed by atoms with E-state index in [9.17, 15) is 0 Å². The summed E-state index contributed by atoms with van der Waals surface area (Å²) < 4.78 is 0. The molecule has 0 bridgehead atoms. The quantitative estimate of drug-likeness (QED) is 0.500. The zero-order valence-electron chi connectivity index (χ0n) is 6.14. The normalized spacial score (nSPS) is 11.3. The standard InChI is InChI=1S/C9H10N2/c10-8-11-7-6-9-4-2-1-3-5-9/h1-8H,(H2,10,11)/b7-6-. The van der Waals surface area contributed by atoms with Crippen LogP contribution in [0.4, 0.5) is 0 Å². The van der Waals surface area contributed by atoms with Crippen molar-refractivity contribution in [3.05, 3.63) is 42.1 Å². The second-order valence-electron chi connectivity index (χ2n) is 2.02. The Morgan fingerprint density at radius 3 is 2.55 bits per heavy atom. The fraction of sp³-hybridized carbons (Fsp3) is 0. The number of rotatable bonds is 2. The third-order valence-electron chi connectivity index (χ3n) is 1.24. The van der Waals surface area contributed by atoms with Crippen LogP contribution in [-0.2, 0) is 0 Å². The molecule has 0 saturated heterocycles. The third kappa shape index (κ3) is 2.67. The molecule has 56 valence electrons. The van der Waals surface area contributed by atoms with Gasteiger partial charge in [0.05, 0.1) is 6.34 Å². The van der Waals surface area contributed by atoms with Gasteiger partial charge in [-0.15, -0.1) is 0 Å². The average Bonchev–Trinajstić information content (AvgIpc) is 2.07. The van der Waals surface area contributed by atoms with Crippen LogP contribution < -0.4 is 5.73 Å². The molecule has 2 N–H and O–H groups in total. The predicted molar refractivity (Wildman–Crippen MR) is 48.2 cm³/mol. The van der Waals surface area contributed by atoms with Crippen molar-refractivity contribution in [2.75, 3.05) is 0 Å². The maximum absolute atomic E-state index is 5.05. The van der Waals surface area contributed by atoms with E-state index in [4.69, 9.17) is 5.73 Å². The summed E-state index contributed by atoms with van der Waals surface area (Å²) in [4.78, 5) is 3.74. The second kappa shape index (κ2) is 4.28. The van der Waals surface area contributed by atoms with Gasteiger partial charge in [0.1, 0.15) is 0 Å². The van der Waals surface area contributed by atoms with E-state index in [2.05, 4.69) is 4.99 Å². The first kappa shape index (κ1) is 7.54. The molecular weight excluding hydrogens is 136 g/mol. The van der Waals surface area contributed by atoms with Crippen molar-refractivity contribution < 1.29 is 0 Å². The Balaban J connectivity index is 2.64. The molecule has 0 atom stereocenters. The van der Waals surface area contributed by atoms with Gasteiger partial charge < -0.3 is 5.73 Å². The maximum Gasteiger partial charge on any atom is 0.0852 e. The Labute approximate surface area is 66.1 Å². The van der Waals surface area contributed by atoms with Gasteiger partial charge in [-0.05, 0) is 11.6 Å². The zero-order chi connectivity index (χ0) is 7.94. The summed E-state index contributed by atoms with van der Waals surface area (Å²) in [6, 6.07) is 9.94. The molecule has 0 radical (unpaired) electrons. The van der Waals surface area contributed by atoms with Crippen molar-refractivity contribution in [1.29, 1.82) is 0 Å². The molecule has 0 unspecified atom stereocenters. The van der Waals surface area contributed by atoms with Gasteiger partial charge in [-0.25, -0.2) is 4.99 Å². The molecule has 0 aliphatic rings. The molecule has 0 amide bonds. The topological polar surface area (TPSA) is 38.4 Å². The van der Waals surface area contributed by atoms with Gasteiger partial charge in [0.2, 0.25) is 0 Å². The molecule has 1 aromatic rings. The minimum Gasteiger partial charge on any atom is -0.390 e. The van der Waals surface area contributed by atoms with Crippen LogP contribution >= 0.6 is 0 Å². The van der Waals surface area contributed by atoms with Crippen LogP contribution in [0.25, 0.3) is 6.08 Å². The van der Waals surface area contributed by atoms with E-state index in [1.165, 1.54) is 6.34 Å². The van der Waals surface area contributed by atoms with Crippen molar-refractivity contribution in [3.63, 3.8) is 0 Å². The molecule has 0 heterocycles. The molecule has 2 heteroatoms. The van der Waals surface area contributed by atoms with Crippen molar-refractivity contribution >= 4 is 12.4 Å². The third-order valence-corrected chi connectivity index (χ3v) is 1.24. The van der Waals surface area contributed by atoms with Crippen molar-refractivity contribution in [2.24, 2.45) is 10.7 Å². The number of benzene rings is 1. The minimum atomic E-state index is 1.12. The highest BCUT2D eigenvalue weighted by Crippen LogP contribution is 1.99. The minimum absolute atomic E-state index is 1.12. The maximum atomic E-state index is 5.05. The summed E-state index contributed by atoms with van der Waals surface area (Å²) in [7, 11) is 0. The Bertz CT molecular complexity index is 250. The van der Waals surface area contributed by atoms with E-state index in [1.807, 2.05) is 36.4 Å². The molecule has 0 saturated carbocycles. The highest BCUT2D eigenvalue weighted by molar-refractivity contribution is 5.55. The Kier molecular flexibility index (Phi) is 2.93. The lowest BCUT2D eigenvalue weighted by atomic mass is 10.2. The smallest absolute Gasteiger partial charge is 0.0852 e. The zero-order valence-corrected chi connectivity index (χ0v) is 6.14. The lowest BCUT2D eigenvalue weighted by Gasteiger charge is -1.87. The van der Waals surface area contributed by atoms with Crippen LogP contribution in [0.2, 0.25) is 0 Å². The molecule has 2 nitrogen and oxygen atoms in total. The van der Waals surface area contributed by atoms with Gasteiger partial charge in [0.25, 0.3) is 0 Å². The molecule has 0 aromatic heterocycles. The van der Waals surface area contributed by atoms with Crippen LogP contribution in [0.15, 0.2) is 41.5 Å². The highest BCUT2D eigenvalue weighted by atomic mass is 14.8. The van der Waals surface area contributed by atoms with Gasteiger partial charge in [-0.3, -0.25) is 0 Å². The number of nitrogens with zero attached hydrogens (tertiary/aromatic N) is 1. The fourth-order valence-electron chi connectivity index (χ4n) is 0.743. The summed E-state index contributed by atoms with van der Waals surface area (Å²) in [6.45, 7) is 0. The van der Waals surface area contributed by atoms with Crippen LogP contribution in [-0.4, -0.2) is 6.34 Å². The Morgan fingerprint density at radius 1 is 1.18 bits per heavy atom. The van der Waals surface area contributed by atoms with E-state index in [0.29, 0.717) is 0 Å². The molecule has 0 aliphatic heterocycles. The van der Waals surface area contributed by atoms with Gasteiger partial charge in [0, 0.05) is 6.20 Å². The van der Waals surface area contributed by atoms with Crippen molar-refractivity contribution in [1.82, 2.24) is 0 Å². The number of hydrogen-bond donors (Lipinski definition) is 1. The van der Waals surface area contributed by atoms with Crippen molar-refractivity contribution in [2.45, 2.75) is 0 Å². The summed E-state index contributed by atoms with van der Waals surface area (Å²) >= 11 is 0. The molecule has 0 fully saturated rings. The van der Waals surface area contributed by atoms with Gasteiger partial charge in [0.15, 0.2) is 0 Å². The largest absolute Gasteiger partial charge is 0.390 e. The first-order chi connectivity index (χ1) is 5.43. The summed E-state index contributed by atoms with van der Waals surface area (Å²) in [5.74, 6) is 0. The van der Waals surface area contributed by atoms with Gasteiger partial charge >= 0.3 is 0 Å². The summed E-state index contributed by atoms with van der Waals surface area (Å²) in [5, 5.41) is 0. The van der Waals surface area contributed by atoms with Gasteiger partial charge in [-0.1, -0.05) is 30.3 Å². The molecule has 0 aliphatic carbocycles. The Morgan fingerprint density at radius 2 is 1.91 bits per heavy atom. The lowest BCUT2D eigenvalue weighted by molar-refractivity contribution is 1.56. The van der Waals surface area contributed by atoms with Gasteiger partial charge in [-0.2, -0.15) is 0 Å². The van der Waals surface area contributed by atoms with Crippen LogP contribution in [0.3, 0.4) is 0 Å². The van der Waals surface area contributed by atoms with E-state index in [1.54, 1.807) is 6.20 Å². The Hall–Kier alpha value is -1.57. The number of nitrogens with two attached hydrogens (primary N) is 1. The monoisotopic (exact) mass is 146 g/mol. The first-order valence-corrected chi connectivity index (χ1v) is 3.38. The molecular formula is C9H10N2. The second-order valence-corrected chi connectivity index (χ2v) is 2.02. The van der Waals surface area contributed by atoms with E-state index < -0.39 is 0 Å². The molecule has 1 aromatic carbocycles. The van der Waals surface area contributed by atoms with E-state index in [-0.39, 0.29) is 0 Å². The summed E-state index contributed by atoms with van der Waals surface area (Å²) in [5.41, 5.74) is 6.17. The molecule has 11 heavy (non-hydrogen) atoms. The first-order valence-electron chi connectivity index (χ1n) is 3.38. The average molecular weight is 146 g/mol. The van der Waals surface area contributed by atoms with Crippen LogP contribution in [0.1, 0.15) is 5.56 Å². The van der Waals surface area contributed by atoms with Crippen molar-refractivity contribution in [3.8, 4) is 0 Å². The van der Waals surface area contributed by atoms with E-state index >= 15 is 0 Å². The fourth-order valence-corrected chi connectivity index (χ4v) is 0.743. The molecule has 0 spiro atoms.